The average Bonchev–Trinajstić information content (AvgIpc) is 3.21. The third kappa shape index (κ3) is 6.52. The van der Waals surface area contributed by atoms with Gasteiger partial charge in [0.25, 0.3) is 16.0 Å². The number of fused-ring (bicyclic) bond motifs is 1. The standard InChI is InChI=1S/C24H29BrF3N5O4S/c1-14(17-10-29-22(30-11-17)36-13-24(26,27)28)33-8-7-15-5-6-18(9-16(15)12-33)38(34,35)32-21-19(25)20(37-31-21)23(2,3)4/h5-6,9-10,14H,7-8,11-13H2,1-4H3,(H,29,30)(H,31,32)/t14-/m1/s1. The third-order valence-corrected chi connectivity index (χ3v) is 8.39. The molecule has 0 saturated carbocycles. The molecule has 0 saturated heterocycles. The number of aliphatic imine (C=N–C) groups is 1. The molecule has 2 aliphatic rings. The van der Waals surface area contributed by atoms with Crippen molar-refractivity contribution in [2.24, 2.45) is 4.99 Å². The quantitative estimate of drug-likeness (QED) is 0.482. The van der Waals surface area contributed by atoms with Gasteiger partial charge in [-0.1, -0.05) is 32.0 Å². The fraction of sp³-hybridized carbons (Fsp3) is 0.500. The van der Waals surface area contributed by atoms with Crippen molar-refractivity contribution in [1.82, 2.24) is 15.4 Å². The molecule has 0 fully saturated rings. The molecule has 3 heterocycles. The Hall–Kier alpha value is -2.58. The van der Waals surface area contributed by atoms with E-state index >= 15 is 0 Å². The zero-order chi connectivity index (χ0) is 27.9. The van der Waals surface area contributed by atoms with Crippen molar-refractivity contribution in [2.75, 3.05) is 24.4 Å². The first kappa shape index (κ1) is 28.4. The first-order chi connectivity index (χ1) is 17.6. The Morgan fingerprint density at radius 2 is 2.00 bits per heavy atom. The van der Waals surface area contributed by atoms with Crippen LogP contribution < -0.4 is 10.0 Å². The van der Waals surface area contributed by atoms with Gasteiger partial charge in [-0.3, -0.25) is 9.62 Å². The maximum absolute atomic E-state index is 13.2. The minimum Gasteiger partial charge on any atom is -0.455 e. The van der Waals surface area contributed by atoms with E-state index in [2.05, 4.69) is 45.8 Å². The van der Waals surface area contributed by atoms with E-state index in [1.165, 1.54) is 0 Å². The molecule has 0 aliphatic carbocycles. The van der Waals surface area contributed by atoms with Crippen LogP contribution >= 0.6 is 15.9 Å². The Balaban J connectivity index is 1.44. The van der Waals surface area contributed by atoms with Gasteiger partial charge in [-0.25, -0.2) is 13.4 Å². The lowest BCUT2D eigenvalue weighted by Crippen LogP contribution is -2.41. The molecule has 0 spiro atoms. The summed E-state index contributed by atoms with van der Waals surface area (Å²) in [6.45, 7) is 7.79. The molecule has 38 heavy (non-hydrogen) atoms. The number of halogens is 4. The van der Waals surface area contributed by atoms with Crippen molar-refractivity contribution in [2.45, 2.75) is 63.2 Å². The van der Waals surface area contributed by atoms with Crippen molar-refractivity contribution >= 4 is 37.8 Å². The van der Waals surface area contributed by atoms with E-state index in [-0.39, 0.29) is 34.7 Å². The van der Waals surface area contributed by atoms with E-state index in [4.69, 9.17) is 4.52 Å². The SMILES string of the molecule is C[C@H](C1=CNC(OCC(F)(F)F)=NC1)N1CCc2ccc(S(=O)(=O)Nc3noc(C(C)(C)C)c3Br)cc2C1. The molecule has 208 valence electrons. The molecule has 2 aliphatic heterocycles. The van der Waals surface area contributed by atoms with Crippen molar-refractivity contribution < 1.29 is 30.8 Å². The van der Waals surface area contributed by atoms with Gasteiger partial charge in [0, 0.05) is 30.7 Å². The average molecular weight is 620 g/mol. The lowest BCUT2D eigenvalue weighted by Gasteiger charge is -2.35. The normalized spacial score (nSPS) is 17.7. The Bertz CT molecular complexity index is 1370. The van der Waals surface area contributed by atoms with Crippen molar-refractivity contribution in [1.29, 1.82) is 0 Å². The van der Waals surface area contributed by atoms with Crippen LogP contribution in [0.5, 0.6) is 0 Å². The number of hydrogen-bond donors (Lipinski definition) is 2. The summed E-state index contributed by atoms with van der Waals surface area (Å²) in [5, 5.41) is 6.57. The summed E-state index contributed by atoms with van der Waals surface area (Å²) < 4.78 is 76.4. The number of sulfonamides is 1. The number of hydrogen-bond acceptors (Lipinski definition) is 8. The van der Waals surface area contributed by atoms with E-state index in [9.17, 15) is 21.6 Å². The highest BCUT2D eigenvalue weighted by Gasteiger charge is 2.31. The molecule has 9 nitrogen and oxygen atoms in total. The summed E-state index contributed by atoms with van der Waals surface area (Å²) >= 11 is 3.39. The number of ether oxygens (including phenoxy) is 1. The van der Waals surface area contributed by atoms with Gasteiger partial charge in [-0.15, -0.1) is 0 Å². The molecule has 0 radical (unpaired) electrons. The van der Waals surface area contributed by atoms with Crippen LogP contribution in [0.15, 0.2) is 48.9 Å². The summed E-state index contributed by atoms with van der Waals surface area (Å²) in [6.07, 6.45) is -2.10. The van der Waals surface area contributed by atoms with Gasteiger partial charge in [-0.2, -0.15) is 13.2 Å². The largest absolute Gasteiger partial charge is 0.455 e. The summed E-state index contributed by atoms with van der Waals surface area (Å²) in [7, 11) is -3.94. The monoisotopic (exact) mass is 619 g/mol. The fourth-order valence-corrected chi connectivity index (χ4v) is 6.21. The van der Waals surface area contributed by atoms with E-state index in [0.717, 1.165) is 29.7 Å². The van der Waals surface area contributed by atoms with Gasteiger partial charge in [0.2, 0.25) is 0 Å². The molecule has 0 bridgehead atoms. The third-order valence-electron chi connectivity index (χ3n) is 6.32. The zero-order valence-corrected chi connectivity index (χ0v) is 23.7. The minimum absolute atomic E-state index is 0.0798. The maximum atomic E-state index is 13.2. The molecule has 0 amide bonds. The maximum Gasteiger partial charge on any atom is 0.422 e. The van der Waals surface area contributed by atoms with Crippen molar-refractivity contribution in [3.05, 3.63) is 51.3 Å². The van der Waals surface area contributed by atoms with Gasteiger partial charge < -0.3 is 14.6 Å². The van der Waals surface area contributed by atoms with Gasteiger partial charge >= 0.3 is 6.18 Å². The van der Waals surface area contributed by atoms with Crippen LogP contribution in [0.1, 0.15) is 44.6 Å². The summed E-state index contributed by atoms with van der Waals surface area (Å²) in [5.74, 6) is 0.610. The van der Waals surface area contributed by atoms with Crippen LogP contribution in [0.3, 0.4) is 0 Å². The molecular weight excluding hydrogens is 591 g/mol. The number of nitrogens with one attached hydrogen (secondary N) is 2. The van der Waals surface area contributed by atoms with Crippen LogP contribution in [-0.4, -0.2) is 56.4 Å². The second-order valence-corrected chi connectivity index (χ2v) is 12.7. The van der Waals surface area contributed by atoms with Crippen LogP contribution in [0.2, 0.25) is 0 Å². The zero-order valence-electron chi connectivity index (χ0n) is 21.3. The number of nitrogens with zero attached hydrogens (tertiary/aromatic N) is 3. The molecule has 2 aromatic rings. The minimum atomic E-state index is -4.44. The summed E-state index contributed by atoms with van der Waals surface area (Å²) in [6, 6.07) is 4.80. The highest BCUT2D eigenvalue weighted by Crippen LogP contribution is 2.36. The van der Waals surface area contributed by atoms with Crippen molar-refractivity contribution in [3.63, 3.8) is 0 Å². The molecule has 14 heteroatoms. The first-order valence-electron chi connectivity index (χ1n) is 11.9. The second kappa shape index (κ2) is 10.5. The van der Waals surface area contributed by atoms with Crippen LogP contribution in [0.25, 0.3) is 0 Å². The highest BCUT2D eigenvalue weighted by molar-refractivity contribution is 9.10. The van der Waals surface area contributed by atoms with Crippen LogP contribution in [0, 0.1) is 0 Å². The number of amidine groups is 1. The van der Waals surface area contributed by atoms with Gasteiger partial charge in [0.05, 0.1) is 11.4 Å². The molecule has 1 aromatic carbocycles. The Kier molecular flexibility index (Phi) is 7.88. The predicted molar refractivity (Wildman–Crippen MR) is 139 cm³/mol. The Labute approximate surface area is 227 Å². The van der Waals surface area contributed by atoms with Gasteiger partial charge in [0.1, 0.15) is 4.47 Å². The second-order valence-electron chi connectivity index (χ2n) is 10.2. The number of rotatable bonds is 6. The van der Waals surface area contributed by atoms with E-state index in [1.807, 2.05) is 33.8 Å². The van der Waals surface area contributed by atoms with Crippen LogP contribution in [-0.2, 0) is 33.1 Å². The molecule has 4 rings (SSSR count). The molecule has 0 unspecified atom stereocenters. The Morgan fingerprint density at radius 3 is 2.61 bits per heavy atom. The van der Waals surface area contributed by atoms with E-state index in [0.29, 0.717) is 16.8 Å². The topological polar surface area (TPSA) is 109 Å². The number of aromatic nitrogens is 1. The number of alkyl halides is 3. The van der Waals surface area contributed by atoms with E-state index < -0.39 is 22.8 Å². The lowest BCUT2D eigenvalue weighted by atomic mass is 9.93. The summed E-state index contributed by atoms with van der Waals surface area (Å²) in [4.78, 5) is 6.34. The van der Waals surface area contributed by atoms with Crippen LogP contribution in [0.4, 0.5) is 19.0 Å². The van der Waals surface area contributed by atoms with Crippen molar-refractivity contribution in [3.8, 4) is 0 Å². The predicted octanol–water partition coefficient (Wildman–Crippen LogP) is 4.70. The first-order valence-corrected chi connectivity index (χ1v) is 14.2. The van der Waals surface area contributed by atoms with E-state index in [1.54, 1.807) is 18.3 Å². The molecule has 1 atom stereocenters. The lowest BCUT2D eigenvalue weighted by molar-refractivity contribution is -0.156. The fourth-order valence-electron chi connectivity index (χ4n) is 4.18. The molecule has 1 aromatic heterocycles. The smallest absolute Gasteiger partial charge is 0.422 e. The number of benzene rings is 1. The Morgan fingerprint density at radius 1 is 1.26 bits per heavy atom. The number of anilines is 1. The highest BCUT2D eigenvalue weighted by atomic mass is 79.9. The molecular formula is C24H29BrF3N5O4S. The van der Waals surface area contributed by atoms with Gasteiger partial charge in [-0.05, 0) is 58.1 Å². The molecule has 2 N–H and O–H groups in total. The van der Waals surface area contributed by atoms with Gasteiger partial charge in [0.15, 0.2) is 18.2 Å². The summed E-state index contributed by atoms with van der Waals surface area (Å²) in [5.41, 5.74) is 2.45.